The Labute approximate surface area is 135 Å². The molecule has 0 saturated carbocycles. The van der Waals surface area contributed by atoms with Crippen LogP contribution >= 0.6 is 11.6 Å². The lowest BCUT2D eigenvalue weighted by Gasteiger charge is -2.10. The molecule has 2 aromatic carbocycles. The van der Waals surface area contributed by atoms with Crippen LogP contribution < -0.4 is 5.32 Å². The quantitative estimate of drug-likeness (QED) is 0.467. The van der Waals surface area contributed by atoms with Crippen LogP contribution in [0.4, 0.5) is 11.4 Å². The summed E-state index contributed by atoms with van der Waals surface area (Å²) in [7, 11) is 0. The van der Waals surface area contributed by atoms with Gasteiger partial charge in [0.1, 0.15) is 5.69 Å². The number of hydrogen-bond acceptors (Lipinski definition) is 3. The second kappa shape index (κ2) is 7.27. The van der Waals surface area contributed by atoms with Crippen LogP contribution in [0.15, 0.2) is 36.4 Å². The predicted molar refractivity (Wildman–Crippen MR) is 90.8 cm³/mol. The summed E-state index contributed by atoms with van der Waals surface area (Å²) < 4.78 is 0. The van der Waals surface area contributed by atoms with Crippen LogP contribution in [0, 0.1) is 24.0 Å². The molecule has 2 aromatic rings. The van der Waals surface area contributed by atoms with Crippen molar-refractivity contribution in [2.24, 2.45) is 0 Å². The minimum absolute atomic E-state index is 0.134. The van der Waals surface area contributed by atoms with Gasteiger partial charge in [0.2, 0.25) is 0 Å². The molecule has 5 heteroatoms. The highest BCUT2D eigenvalue weighted by atomic mass is 35.5. The molecular formula is C17H19ClN2O2. The number of benzene rings is 2. The largest absolute Gasteiger partial charge is 0.379 e. The molecule has 116 valence electrons. The molecule has 0 atom stereocenters. The van der Waals surface area contributed by atoms with Gasteiger partial charge in [-0.2, -0.15) is 0 Å². The van der Waals surface area contributed by atoms with Gasteiger partial charge in [0.05, 0.1) is 4.92 Å². The minimum Gasteiger partial charge on any atom is -0.379 e. The van der Waals surface area contributed by atoms with Crippen molar-refractivity contribution < 1.29 is 4.92 Å². The molecule has 0 aliphatic rings. The van der Waals surface area contributed by atoms with Crippen LogP contribution in [0.2, 0.25) is 5.02 Å². The summed E-state index contributed by atoms with van der Waals surface area (Å²) in [5.74, 6) is 0. The van der Waals surface area contributed by atoms with E-state index < -0.39 is 0 Å². The van der Waals surface area contributed by atoms with Gasteiger partial charge in [0.15, 0.2) is 0 Å². The molecule has 0 aliphatic heterocycles. The Morgan fingerprint density at radius 1 is 1.14 bits per heavy atom. The highest BCUT2D eigenvalue weighted by Crippen LogP contribution is 2.27. The second-order valence-electron chi connectivity index (χ2n) is 5.37. The first-order valence-corrected chi connectivity index (χ1v) is 7.59. The third-order valence-corrected chi connectivity index (χ3v) is 3.93. The Kier molecular flexibility index (Phi) is 5.39. The Hall–Kier alpha value is -2.07. The summed E-state index contributed by atoms with van der Waals surface area (Å²) >= 11 is 5.85. The molecular weight excluding hydrogens is 300 g/mol. The highest BCUT2D eigenvalue weighted by molar-refractivity contribution is 6.30. The van der Waals surface area contributed by atoms with E-state index in [9.17, 15) is 10.1 Å². The molecule has 0 saturated heterocycles. The smallest absolute Gasteiger partial charge is 0.292 e. The van der Waals surface area contributed by atoms with Gasteiger partial charge in [-0.15, -0.1) is 0 Å². The fourth-order valence-corrected chi connectivity index (χ4v) is 2.39. The van der Waals surface area contributed by atoms with E-state index in [1.54, 1.807) is 6.07 Å². The molecule has 0 spiro atoms. The number of nitrogens with zero attached hydrogens (tertiary/aromatic N) is 1. The molecule has 2 rings (SSSR count). The van der Waals surface area contributed by atoms with Crippen molar-refractivity contribution in [1.29, 1.82) is 0 Å². The van der Waals surface area contributed by atoms with Gasteiger partial charge >= 0.3 is 0 Å². The summed E-state index contributed by atoms with van der Waals surface area (Å²) in [5.41, 5.74) is 3.91. The van der Waals surface area contributed by atoms with Crippen LogP contribution in [0.25, 0.3) is 0 Å². The summed E-state index contributed by atoms with van der Waals surface area (Å²) in [6, 6.07) is 11.2. The Bertz CT molecular complexity index is 669. The first kappa shape index (κ1) is 16.3. The number of anilines is 1. The van der Waals surface area contributed by atoms with E-state index in [4.69, 9.17) is 11.6 Å². The van der Waals surface area contributed by atoms with E-state index in [1.807, 2.05) is 44.2 Å². The van der Waals surface area contributed by atoms with Crippen molar-refractivity contribution in [2.75, 3.05) is 11.9 Å². The molecule has 0 aliphatic carbocycles. The van der Waals surface area contributed by atoms with Gasteiger partial charge in [-0.3, -0.25) is 10.1 Å². The maximum atomic E-state index is 11.1. The number of nitro groups is 1. The van der Waals surface area contributed by atoms with Crippen molar-refractivity contribution in [3.05, 3.63) is 68.2 Å². The van der Waals surface area contributed by atoms with Crippen LogP contribution in [0.5, 0.6) is 0 Å². The lowest BCUT2D eigenvalue weighted by Crippen LogP contribution is -2.06. The zero-order valence-corrected chi connectivity index (χ0v) is 13.5. The van der Waals surface area contributed by atoms with E-state index in [1.165, 1.54) is 5.56 Å². The number of aryl methyl sites for hydroxylation is 3. The van der Waals surface area contributed by atoms with Gasteiger partial charge in [0, 0.05) is 17.6 Å². The third kappa shape index (κ3) is 4.21. The Morgan fingerprint density at radius 3 is 2.41 bits per heavy atom. The summed E-state index contributed by atoms with van der Waals surface area (Å²) in [4.78, 5) is 10.8. The highest BCUT2D eigenvalue weighted by Gasteiger charge is 2.14. The molecule has 0 unspecified atom stereocenters. The lowest BCUT2D eigenvalue weighted by atomic mass is 10.1. The average Bonchev–Trinajstić information content (AvgIpc) is 2.48. The molecule has 0 radical (unpaired) electrons. The van der Waals surface area contributed by atoms with Crippen LogP contribution in [0.3, 0.4) is 0 Å². The standard InChI is InChI=1S/C17H19ClN2O2/c1-12-10-16(17(20(21)22)11-13(12)2)19-9-3-4-14-5-7-15(18)8-6-14/h5-8,10-11,19H,3-4,9H2,1-2H3. The summed E-state index contributed by atoms with van der Waals surface area (Å²) in [6.07, 6.45) is 1.80. The van der Waals surface area contributed by atoms with Crippen LogP contribution in [-0.2, 0) is 6.42 Å². The first-order chi connectivity index (χ1) is 10.5. The molecule has 0 aromatic heterocycles. The van der Waals surface area contributed by atoms with Crippen molar-refractivity contribution in [3.63, 3.8) is 0 Å². The molecule has 22 heavy (non-hydrogen) atoms. The number of rotatable bonds is 6. The molecule has 4 nitrogen and oxygen atoms in total. The zero-order chi connectivity index (χ0) is 16.1. The van der Waals surface area contributed by atoms with Gasteiger partial charge in [-0.25, -0.2) is 0 Å². The SMILES string of the molecule is Cc1cc(NCCCc2ccc(Cl)cc2)c([N+](=O)[O-])cc1C. The number of hydrogen-bond donors (Lipinski definition) is 1. The molecule has 1 N–H and O–H groups in total. The van der Waals surface area contributed by atoms with E-state index >= 15 is 0 Å². The third-order valence-electron chi connectivity index (χ3n) is 3.68. The molecule has 0 amide bonds. The first-order valence-electron chi connectivity index (χ1n) is 7.21. The number of nitro benzene ring substituents is 1. The second-order valence-corrected chi connectivity index (χ2v) is 5.80. The maximum Gasteiger partial charge on any atom is 0.292 e. The number of halogens is 1. The fourth-order valence-electron chi connectivity index (χ4n) is 2.26. The van der Waals surface area contributed by atoms with Crippen molar-refractivity contribution in [1.82, 2.24) is 0 Å². The number of nitrogens with one attached hydrogen (secondary N) is 1. The van der Waals surface area contributed by atoms with Crippen LogP contribution in [0.1, 0.15) is 23.1 Å². The van der Waals surface area contributed by atoms with Crippen LogP contribution in [-0.4, -0.2) is 11.5 Å². The lowest BCUT2D eigenvalue weighted by molar-refractivity contribution is -0.384. The maximum absolute atomic E-state index is 11.1. The predicted octanol–water partition coefficient (Wildman–Crippen LogP) is 4.91. The van der Waals surface area contributed by atoms with Crippen molar-refractivity contribution >= 4 is 23.0 Å². The topological polar surface area (TPSA) is 55.2 Å². The molecule has 0 heterocycles. The monoisotopic (exact) mass is 318 g/mol. The fraction of sp³-hybridized carbons (Fsp3) is 0.294. The van der Waals surface area contributed by atoms with Crippen molar-refractivity contribution in [3.8, 4) is 0 Å². The van der Waals surface area contributed by atoms with Gasteiger partial charge in [0.25, 0.3) is 5.69 Å². The normalized spacial score (nSPS) is 10.5. The van der Waals surface area contributed by atoms with E-state index in [0.29, 0.717) is 12.2 Å². The molecule has 0 bridgehead atoms. The van der Waals surface area contributed by atoms with Gasteiger partial charge < -0.3 is 5.32 Å². The Balaban J connectivity index is 1.95. The van der Waals surface area contributed by atoms with Crippen molar-refractivity contribution in [2.45, 2.75) is 26.7 Å². The van der Waals surface area contributed by atoms with E-state index in [0.717, 1.165) is 29.0 Å². The average molecular weight is 319 g/mol. The molecule has 0 fully saturated rings. The Morgan fingerprint density at radius 2 is 1.77 bits per heavy atom. The summed E-state index contributed by atoms with van der Waals surface area (Å²) in [5, 5.41) is 15.0. The summed E-state index contributed by atoms with van der Waals surface area (Å²) in [6.45, 7) is 4.52. The van der Waals surface area contributed by atoms with E-state index in [2.05, 4.69) is 5.32 Å². The van der Waals surface area contributed by atoms with Gasteiger partial charge in [-0.05, 0) is 61.6 Å². The minimum atomic E-state index is -0.339. The zero-order valence-electron chi connectivity index (χ0n) is 12.7. The van der Waals surface area contributed by atoms with E-state index in [-0.39, 0.29) is 10.6 Å². The van der Waals surface area contributed by atoms with Gasteiger partial charge in [-0.1, -0.05) is 23.7 Å².